The average molecular weight is 230 g/mol. The van der Waals surface area contributed by atoms with Gasteiger partial charge in [-0.05, 0) is 18.3 Å². The maximum atomic E-state index is 2.00. The van der Waals surface area contributed by atoms with Gasteiger partial charge in [0.1, 0.15) is 0 Å². The third-order valence-corrected chi connectivity index (χ3v) is 3.37. The van der Waals surface area contributed by atoms with Gasteiger partial charge < -0.3 is 0 Å². The Morgan fingerprint density at radius 2 is 0.875 bits per heavy atom. The second kappa shape index (κ2) is 15.0. The summed E-state index contributed by atoms with van der Waals surface area (Å²) < 4.78 is 0. The van der Waals surface area contributed by atoms with Crippen LogP contribution in [0.1, 0.15) is 93.9 Å². The lowest BCUT2D eigenvalue weighted by molar-refractivity contribution is 0.271. The summed E-state index contributed by atoms with van der Waals surface area (Å²) in [4.78, 5) is 0. The fraction of sp³-hybridized carbons (Fsp3) is 1.00. The van der Waals surface area contributed by atoms with E-state index in [1.165, 1.54) is 19.3 Å². The molecule has 1 unspecified atom stereocenters. The van der Waals surface area contributed by atoms with Gasteiger partial charge in [-0.15, -0.1) is 0 Å². The minimum Gasteiger partial charge on any atom is -0.0776 e. The van der Waals surface area contributed by atoms with Crippen LogP contribution in [0.25, 0.3) is 0 Å². The first-order chi connectivity index (χ1) is 6.95. The van der Waals surface area contributed by atoms with E-state index in [4.69, 9.17) is 0 Å². The summed E-state index contributed by atoms with van der Waals surface area (Å²) in [5, 5.41) is 0. The van der Waals surface area contributed by atoms with E-state index in [0.717, 1.165) is 11.8 Å². The molecule has 2 atom stereocenters. The van der Waals surface area contributed by atoms with Crippen molar-refractivity contribution in [2.24, 2.45) is 11.8 Å². The van der Waals surface area contributed by atoms with Crippen LogP contribution in [0.2, 0.25) is 0 Å². The zero-order valence-electron chi connectivity index (χ0n) is 10.8. The zero-order chi connectivity index (χ0) is 10.8. The van der Waals surface area contributed by atoms with E-state index in [-0.39, 0.29) is 14.9 Å². The van der Waals surface area contributed by atoms with Gasteiger partial charge in [-0.25, -0.2) is 0 Å². The van der Waals surface area contributed by atoms with E-state index in [1.54, 1.807) is 32.1 Å². The summed E-state index contributed by atoms with van der Waals surface area (Å²) in [7, 11) is 0. The van der Waals surface area contributed by atoms with Gasteiger partial charge in [0.25, 0.3) is 0 Å². The summed E-state index contributed by atoms with van der Waals surface area (Å²) in [5.41, 5.74) is 0. The highest BCUT2D eigenvalue weighted by Gasteiger charge is 2.23. The molecule has 0 N–H and O–H groups in total. The van der Waals surface area contributed by atoms with Crippen molar-refractivity contribution in [3.8, 4) is 0 Å². The Hall–Kier alpha value is 0. The molecule has 0 aromatic rings. The maximum absolute atomic E-state index is 2.00. The second-order valence-corrected chi connectivity index (χ2v) is 4.18. The largest absolute Gasteiger partial charge is 0.0776 e. The van der Waals surface area contributed by atoms with Crippen LogP contribution in [0.5, 0.6) is 0 Å². The van der Waals surface area contributed by atoms with Crippen LogP contribution in [-0.4, -0.2) is 0 Å². The van der Waals surface area contributed by atoms with E-state index in [9.17, 15) is 0 Å². The van der Waals surface area contributed by atoms with Crippen LogP contribution in [0.3, 0.4) is 0 Å². The monoisotopic (exact) mass is 230 g/mol. The van der Waals surface area contributed by atoms with Crippen LogP contribution >= 0.6 is 0 Å². The van der Waals surface area contributed by atoms with Crippen LogP contribution in [0.15, 0.2) is 0 Å². The first-order valence-corrected chi connectivity index (χ1v) is 6.95. The lowest BCUT2D eigenvalue weighted by atomic mass is 9.81. The standard InChI is InChI=1S/C10H18.2C2H6.2CH4/c1-2-5-10-7-3-6-9(4-1)8-10;2*1-2;;/h9-10H,1-8H2;2*1-2H3;2*1H4/t9-,10?;;;;/m0..../s1. The van der Waals surface area contributed by atoms with Crippen molar-refractivity contribution < 1.29 is 0 Å². The van der Waals surface area contributed by atoms with E-state index in [0.29, 0.717) is 0 Å². The fourth-order valence-electron chi connectivity index (χ4n) is 2.79. The molecule has 0 nitrogen and oxygen atoms in total. The Kier molecular flexibility index (Phi) is 20.0. The van der Waals surface area contributed by atoms with Gasteiger partial charge in [0.05, 0.1) is 0 Å². The maximum Gasteiger partial charge on any atom is -0.0412 e. The van der Waals surface area contributed by atoms with Crippen molar-refractivity contribution in [1.29, 1.82) is 0 Å². The molecule has 0 aromatic carbocycles. The van der Waals surface area contributed by atoms with Crippen LogP contribution < -0.4 is 0 Å². The molecule has 16 heavy (non-hydrogen) atoms. The predicted octanol–water partition coefficient (Wildman–Crippen LogP) is 6.69. The lowest BCUT2D eigenvalue weighted by Crippen LogP contribution is -2.12. The van der Waals surface area contributed by atoms with E-state index in [1.807, 2.05) is 27.7 Å². The van der Waals surface area contributed by atoms with E-state index >= 15 is 0 Å². The summed E-state index contributed by atoms with van der Waals surface area (Å²) in [5.74, 6) is 2.28. The molecule has 0 radical (unpaired) electrons. The molecule has 0 heterocycles. The van der Waals surface area contributed by atoms with E-state index in [2.05, 4.69) is 0 Å². The van der Waals surface area contributed by atoms with Gasteiger partial charge in [-0.2, -0.15) is 0 Å². The SMILES string of the molecule is C.C.C1CC[C@H]2CCCC(C1)C2.CC.CC. The molecule has 2 saturated carbocycles. The Balaban J connectivity index is -0.000000257. The van der Waals surface area contributed by atoms with Crippen LogP contribution in [0, 0.1) is 11.8 Å². The molecule has 2 bridgehead atoms. The quantitative estimate of drug-likeness (QED) is 0.435. The van der Waals surface area contributed by atoms with Gasteiger partial charge >= 0.3 is 0 Å². The molecule has 0 heteroatoms. The molecule has 102 valence electrons. The third kappa shape index (κ3) is 8.19. The Labute approximate surface area is 106 Å². The highest BCUT2D eigenvalue weighted by molar-refractivity contribution is 4.76. The number of hydrogen-bond acceptors (Lipinski definition) is 0. The van der Waals surface area contributed by atoms with Gasteiger partial charge in [-0.1, -0.05) is 87.5 Å². The molecule has 0 aromatic heterocycles. The van der Waals surface area contributed by atoms with Crippen molar-refractivity contribution in [3.63, 3.8) is 0 Å². The Morgan fingerprint density at radius 3 is 1.25 bits per heavy atom. The Morgan fingerprint density at radius 1 is 0.562 bits per heavy atom. The van der Waals surface area contributed by atoms with E-state index < -0.39 is 0 Å². The first-order valence-electron chi connectivity index (χ1n) is 6.95. The zero-order valence-corrected chi connectivity index (χ0v) is 10.8. The molecule has 0 saturated heterocycles. The molecule has 0 spiro atoms. The average Bonchev–Trinajstić information content (AvgIpc) is 2.45. The molecular formula is C16H38. The lowest BCUT2D eigenvalue weighted by Gasteiger charge is -2.25. The topological polar surface area (TPSA) is 0 Å². The number of rotatable bonds is 0. The van der Waals surface area contributed by atoms with Crippen LogP contribution in [-0.2, 0) is 0 Å². The molecular weight excluding hydrogens is 192 g/mol. The fourth-order valence-corrected chi connectivity index (χ4v) is 2.79. The molecule has 2 fully saturated rings. The second-order valence-electron chi connectivity index (χ2n) is 4.18. The highest BCUT2D eigenvalue weighted by atomic mass is 14.3. The molecule has 2 rings (SSSR count). The third-order valence-electron chi connectivity index (χ3n) is 3.37. The molecule has 2 aliphatic carbocycles. The number of hydrogen-bond donors (Lipinski definition) is 0. The van der Waals surface area contributed by atoms with Crippen molar-refractivity contribution in [2.75, 3.05) is 0 Å². The highest BCUT2D eigenvalue weighted by Crippen LogP contribution is 2.37. The van der Waals surface area contributed by atoms with Crippen molar-refractivity contribution >= 4 is 0 Å². The van der Waals surface area contributed by atoms with Crippen molar-refractivity contribution in [1.82, 2.24) is 0 Å². The molecule has 0 aliphatic heterocycles. The van der Waals surface area contributed by atoms with Gasteiger partial charge in [-0.3, -0.25) is 0 Å². The molecule has 2 aliphatic rings. The molecule has 0 amide bonds. The summed E-state index contributed by atoms with van der Waals surface area (Å²) >= 11 is 0. The Bertz CT molecular complexity index is 94.6. The van der Waals surface area contributed by atoms with Crippen LogP contribution in [0.4, 0.5) is 0 Å². The minimum atomic E-state index is 0. The smallest absolute Gasteiger partial charge is 0.0412 e. The first kappa shape index (κ1) is 21.3. The van der Waals surface area contributed by atoms with Gasteiger partial charge in [0.2, 0.25) is 0 Å². The van der Waals surface area contributed by atoms with Gasteiger partial charge in [0, 0.05) is 0 Å². The summed E-state index contributed by atoms with van der Waals surface area (Å²) in [6, 6.07) is 0. The predicted molar refractivity (Wildman–Crippen MR) is 80.1 cm³/mol. The normalized spacial score (nSPS) is 26.2. The van der Waals surface area contributed by atoms with Crippen molar-refractivity contribution in [2.45, 2.75) is 93.9 Å². The number of fused-ring (bicyclic) bond motifs is 2. The van der Waals surface area contributed by atoms with Crippen molar-refractivity contribution in [3.05, 3.63) is 0 Å². The summed E-state index contributed by atoms with van der Waals surface area (Å²) in [6.45, 7) is 8.00. The summed E-state index contributed by atoms with van der Waals surface area (Å²) in [6.07, 6.45) is 12.4. The van der Waals surface area contributed by atoms with Gasteiger partial charge in [0.15, 0.2) is 0 Å². The minimum absolute atomic E-state index is 0.